The molecule has 0 amide bonds. The summed E-state index contributed by atoms with van der Waals surface area (Å²) >= 11 is 5.77. The first kappa shape index (κ1) is 14.3. The molecule has 1 rings (SSSR count). The lowest BCUT2D eigenvalue weighted by atomic mass is 10.3. The molecule has 0 aliphatic carbocycles. The Labute approximate surface area is 111 Å². The molecule has 0 saturated carbocycles. The van der Waals surface area contributed by atoms with Gasteiger partial charge in [0.25, 0.3) is 0 Å². The van der Waals surface area contributed by atoms with Gasteiger partial charge in [0, 0.05) is 19.1 Å². The van der Waals surface area contributed by atoms with Gasteiger partial charge in [0.15, 0.2) is 0 Å². The maximum absolute atomic E-state index is 11.6. The number of ether oxygens (including phenoxy) is 1. The van der Waals surface area contributed by atoms with Gasteiger partial charge in [-0.15, -0.1) is 5.10 Å². The molecule has 0 radical (unpaired) electrons. The van der Waals surface area contributed by atoms with Gasteiger partial charge < -0.3 is 9.64 Å². The van der Waals surface area contributed by atoms with E-state index in [1.165, 1.54) is 0 Å². The third kappa shape index (κ3) is 4.25. The van der Waals surface area contributed by atoms with Crippen LogP contribution >= 0.6 is 11.6 Å². The number of hydrazone groups is 1. The molecule has 0 bridgehead atoms. The molecule has 98 valence electrons. The van der Waals surface area contributed by atoms with Crippen LogP contribution in [0.2, 0.25) is 5.02 Å². The van der Waals surface area contributed by atoms with Gasteiger partial charge in [0.2, 0.25) is 5.84 Å². The van der Waals surface area contributed by atoms with E-state index in [9.17, 15) is 4.79 Å². The van der Waals surface area contributed by atoms with E-state index in [0.29, 0.717) is 11.6 Å². The smallest absolute Gasteiger partial charge is 0.375 e. The van der Waals surface area contributed by atoms with Gasteiger partial charge in [0.1, 0.15) is 0 Å². The molecule has 0 atom stereocenters. The molecular formula is C12H16ClN3O2. The molecule has 1 aromatic carbocycles. The van der Waals surface area contributed by atoms with Crippen LogP contribution in [0, 0.1) is 0 Å². The number of halogens is 1. The second-order valence-electron chi connectivity index (χ2n) is 3.67. The number of hydrogen-bond acceptors (Lipinski definition) is 4. The van der Waals surface area contributed by atoms with E-state index in [0.717, 1.165) is 5.69 Å². The summed E-state index contributed by atoms with van der Waals surface area (Å²) < 4.78 is 4.90. The van der Waals surface area contributed by atoms with Gasteiger partial charge in [-0.1, -0.05) is 11.6 Å². The largest absolute Gasteiger partial charge is 0.460 e. The molecule has 0 aliphatic heterocycles. The number of carbonyl (C=O) groups is 1. The van der Waals surface area contributed by atoms with Gasteiger partial charge in [-0.3, -0.25) is 5.43 Å². The molecule has 18 heavy (non-hydrogen) atoms. The Morgan fingerprint density at radius 1 is 1.39 bits per heavy atom. The lowest BCUT2D eigenvalue weighted by Crippen LogP contribution is -2.32. The molecule has 0 aromatic heterocycles. The van der Waals surface area contributed by atoms with Crippen molar-refractivity contribution in [3.8, 4) is 0 Å². The number of esters is 1. The number of rotatable bonds is 3. The predicted molar refractivity (Wildman–Crippen MR) is 72.8 cm³/mol. The van der Waals surface area contributed by atoms with Crippen molar-refractivity contribution in [2.24, 2.45) is 5.10 Å². The predicted octanol–water partition coefficient (Wildman–Crippen LogP) is 2.19. The standard InChI is InChI=1S/C12H16ClN3O2/c1-4-18-12(17)11(16(2)3)15-14-10-7-5-9(13)6-8-10/h5-8,14H,4H2,1-3H3/b15-11+. The molecule has 1 N–H and O–H groups in total. The minimum atomic E-state index is -0.469. The summed E-state index contributed by atoms with van der Waals surface area (Å²) in [5.41, 5.74) is 3.52. The SMILES string of the molecule is CCOC(=O)/C(=N\Nc1ccc(Cl)cc1)N(C)C. The number of anilines is 1. The van der Waals surface area contributed by atoms with Crippen molar-refractivity contribution in [1.82, 2.24) is 4.90 Å². The second kappa shape index (κ2) is 6.86. The first-order valence-electron chi connectivity index (χ1n) is 5.48. The topological polar surface area (TPSA) is 53.9 Å². The van der Waals surface area contributed by atoms with Gasteiger partial charge in [0.05, 0.1) is 12.3 Å². The fourth-order valence-corrected chi connectivity index (χ4v) is 1.29. The van der Waals surface area contributed by atoms with Crippen LogP contribution in [0.1, 0.15) is 6.92 Å². The number of nitrogens with zero attached hydrogens (tertiary/aromatic N) is 2. The van der Waals surface area contributed by atoms with E-state index in [4.69, 9.17) is 16.3 Å². The average molecular weight is 270 g/mol. The maximum atomic E-state index is 11.6. The summed E-state index contributed by atoms with van der Waals surface area (Å²) in [7, 11) is 3.44. The Morgan fingerprint density at radius 3 is 2.50 bits per heavy atom. The fourth-order valence-electron chi connectivity index (χ4n) is 1.17. The van der Waals surface area contributed by atoms with E-state index in [1.54, 1.807) is 50.2 Å². The Bertz CT molecular complexity index is 429. The van der Waals surface area contributed by atoms with Crippen LogP contribution in [0.4, 0.5) is 5.69 Å². The van der Waals surface area contributed by atoms with E-state index in [-0.39, 0.29) is 5.84 Å². The highest BCUT2D eigenvalue weighted by Crippen LogP contribution is 2.13. The van der Waals surface area contributed by atoms with E-state index >= 15 is 0 Å². The highest BCUT2D eigenvalue weighted by Gasteiger charge is 2.14. The highest BCUT2D eigenvalue weighted by atomic mass is 35.5. The Balaban J connectivity index is 2.77. The van der Waals surface area contributed by atoms with E-state index in [1.807, 2.05) is 0 Å². The third-order valence-electron chi connectivity index (χ3n) is 2.02. The highest BCUT2D eigenvalue weighted by molar-refractivity contribution is 6.35. The van der Waals surface area contributed by atoms with Gasteiger partial charge >= 0.3 is 5.97 Å². The van der Waals surface area contributed by atoms with Crippen LogP contribution in [0.3, 0.4) is 0 Å². The maximum Gasteiger partial charge on any atom is 0.375 e. The Kier molecular flexibility index (Phi) is 5.45. The molecular weight excluding hydrogens is 254 g/mol. The van der Waals surface area contributed by atoms with Crippen molar-refractivity contribution in [1.29, 1.82) is 0 Å². The van der Waals surface area contributed by atoms with Crippen molar-refractivity contribution in [3.63, 3.8) is 0 Å². The minimum Gasteiger partial charge on any atom is -0.460 e. The number of nitrogens with one attached hydrogen (secondary N) is 1. The molecule has 1 aromatic rings. The zero-order chi connectivity index (χ0) is 13.5. The van der Waals surface area contributed by atoms with Crippen LogP contribution in [-0.4, -0.2) is 37.4 Å². The summed E-state index contributed by atoms with van der Waals surface area (Å²) in [6.45, 7) is 2.06. The molecule has 5 nitrogen and oxygen atoms in total. The second-order valence-corrected chi connectivity index (χ2v) is 4.11. The molecule has 0 aliphatic rings. The molecule has 0 unspecified atom stereocenters. The van der Waals surface area contributed by atoms with E-state index < -0.39 is 5.97 Å². The number of benzene rings is 1. The number of carbonyl (C=O) groups excluding carboxylic acids is 1. The summed E-state index contributed by atoms with van der Waals surface area (Å²) in [6, 6.07) is 7.01. The van der Waals surface area contributed by atoms with Gasteiger partial charge in [-0.05, 0) is 31.2 Å². The Morgan fingerprint density at radius 2 is 2.00 bits per heavy atom. The zero-order valence-corrected chi connectivity index (χ0v) is 11.4. The van der Waals surface area contributed by atoms with Crippen molar-refractivity contribution in [2.45, 2.75) is 6.92 Å². The van der Waals surface area contributed by atoms with Gasteiger partial charge in [-0.25, -0.2) is 4.79 Å². The normalized spacial score (nSPS) is 11.0. The van der Waals surface area contributed by atoms with Crippen molar-refractivity contribution in [2.75, 3.05) is 26.1 Å². The lowest BCUT2D eigenvalue weighted by Gasteiger charge is -2.14. The first-order valence-corrected chi connectivity index (χ1v) is 5.86. The van der Waals surface area contributed by atoms with Crippen LogP contribution in [0.5, 0.6) is 0 Å². The average Bonchev–Trinajstić information content (AvgIpc) is 2.31. The molecule has 0 spiro atoms. The van der Waals surface area contributed by atoms with Crippen LogP contribution < -0.4 is 5.43 Å². The van der Waals surface area contributed by atoms with Crippen LogP contribution in [-0.2, 0) is 9.53 Å². The summed E-state index contributed by atoms with van der Waals surface area (Å²) in [4.78, 5) is 13.2. The van der Waals surface area contributed by atoms with Crippen molar-refractivity contribution < 1.29 is 9.53 Å². The number of hydrogen-bond donors (Lipinski definition) is 1. The first-order chi connectivity index (χ1) is 8.54. The Hall–Kier alpha value is -1.75. The van der Waals surface area contributed by atoms with Crippen molar-refractivity contribution in [3.05, 3.63) is 29.3 Å². The quantitative estimate of drug-likeness (QED) is 0.396. The van der Waals surface area contributed by atoms with E-state index in [2.05, 4.69) is 10.5 Å². The molecule has 6 heteroatoms. The van der Waals surface area contributed by atoms with Crippen molar-refractivity contribution >= 4 is 29.1 Å². The summed E-state index contributed by atoms with van der Waals surface area (Å²) in [5, 5.41) is 4.66. The van der Waals surface area contributed by atoms with Gasteiger partial charge in [-0.2, -0.15) is 0 Å². The lowest BCUT2D eigenvalue weighted by molar-refractivity contribution is -0.135. The van der Waals surface area contributed by atoms with Crippen LogP contribution in [0.25, 0.3) is 0 Å². The summed E-state index contributed by atoms with van der Waals surface area (Å²) in [5.74, 6) is -0.268. The minimum absolute atomic E-state index is 0.201. The third-order valence-corrected chi connectivity index (χ3v) is 2.27. The molecule has 0 fully saturated rings. The molecule has 0 saturated heterocycles. The molecule has 0 heterocycles. The number of amidine groups is 1. The monoisotopic (exact) mass is 269 g/mol. The van der Waals surface area contributed by atoms with Crippen LogP contribution in [0.15, 0.2) is 29.4 Å². The number of likely N-dealkylation sites (N-methyl/N-ethyl adjacent to an activating group) is 1. The summed E-state index contributed by atoms with van der Waals surface area (Å²) in [6.07, 6.45) is 0. The zero-order valence-electron chi connectivity index (χ0n) is 10.6. The fraction of sp³-hybridized carbons (Fsp3) is 0.333.